The Morgan fingerprint density at radius 1 is 1.32 bits per heavy atom. The molecule has 0 radical (unpaired) electrons. The molecule has 2 heterocycles. The molecular formula is C14H29Cl2N5O. The molecule has 0 unspecified atom stereocenters. The highest BCUT2D eigenvalue weighted by molar-refractivity contribution is 5.85. The highest BCUT2D eigenvalue weighted by Gasteiger charge is 2.25. The maximum Gasteiger partial charge on any atom is 0.240 e. The van der Waals surface area contributed by atoms with Gasteiger partial charge in [-0.05, 0) is 53.4 Å². The number of rotatable bonds is 5. The number of hydrogen-bond acceptors (Lipinski definition) is 6. The van der Waals surface area contributed by atoms with E-state index in [1.54, 1.807) is 0 Å². The summed E-state index contributed by atoms with van der Waals surface area (Å²) >= 11 is 0. The van der Waals surface area contributed by atoms with E-state index in [1.165, 1.54) is 25.9 Å². The largest absolute Gasteiger partial charge is 0.338 e. The van der Waals surface area contributed by atoms with Crippen molar-refractivity contribution in [3.05, 3.63) is 11.7 Å². The van der Waals surface area contributed by atoms with E-state index >= 15 is 0 Å². The van der Waals surface area contributed by atoms with E-state index in [9.17, 15) is 0 Å². The zero-order valence-electron chi connectivity index (χ0n) is 13.9. The second-order valence-corrected chi connectivity index (χ2v) is 6.31. The van der Waals surface area contributed by atoms with Gasteiger partial charge < -0.3 is 15.2 Å². The van der Waals surface area contributed by atoms with Crippen molar-refractivity contribution in [1.82, 2.24) is 19.9 Å². The molecule has 0 saturated carbocycles. The van der Waals surface area contributed by atoms with Crippen LogP contribution in [0.4, 0.5) is 0 Å². The summed E-state index contributed by atoms with van der Waals surface area (Å²) in [6.45, 7) is 10.2. The van der Waals surface area contributed by atoms with E-state index in [2.05, 4.69) is 33.9 Å². The number of halogens is 2. The van der Waals surface area contributed by atoms with Crippen LogP contribution in [0.1, 0.15) is 45.3 Å². The summed E-state index contributed by atoms with van der Waals surface area (Å²) in [6, 6.07) is 0.596. The van der Waals surface area contributed by atoms with Crippen molar-refractivity contribution in [2.75, 3.05) is 26.7 Å². The normalized spacial score (nSPS) is 17.2. The lowest BCUT2D eigenvalue weighted by molar-refractivity contribution is 0.118. The van der Waals surface area contributed by atoms with Crippen molar-refractivity contribution >= 4 is 24.8 Å². The fourth-order valence-electron chi connectivity index (χ4n) is 2.60. The van der Waals surface area contributed by atoms with Gasteiger partial charge in [-0.1, -0.05) is 12.1 Å². The fourth-order valence-corrected chi connectivity index (χ4v) is 2.60. The molecule has 0 atom stereocenters. The summed E-state index contributed by atoms with van der Waals surface area (Å²) in [7, 11) is 2.13. The third kappa shape index (κ3) is 5.66. The van der Waals surface area contributed by atoms with Gasteiger partial charge in [-0.3, -0.25) is 4.90 Å². The van der Waals surface area contributed by atoms with Crippen LogP contribution in [0.5, 0.6) is 0 Å². The Kier molecular flexibility index (Phi) is 8.87. The minimum Gasteiger partial charge on any atom is -0.338 e. The molecule has 1 fully saturated rings. The van der Waals surface area contributed by atoms with Crippen molar-refractivity contribution in [1.29, 1.82) is 0 Å². The second kappa shape index (κ2) is 9.03. The van der Waals surface area contributed by atoms with Crippen LogP contribution in [0.15, 0.2) is 4.52 Å². The molecule has 0 spiro atoms. The van der Waals surface area contributed by atoms with E-state index in [1.807, 2.05) is 13.8 Å². The second-order valence-electron chi connectivity index (χ2n) is 6.31. The van der Waals surface area contributed by atoms with Crippen molar-refractivity contribution < 1.29 is 4.52 Å². The lowest BCUT2D eigenvalue weighted by Crippen LogP contribution is -2.42. The quantitative estimate of drug-likeness (QED) is 0.872. The van der Waals surface area contributed by atoms with E-state index in [0.29, 0.717) is 24.3 Å². The third-order valence-electron chi connectivity index (χ3n) is 4.06. The molecule has 1 aromatic heterocycles. The van der Waals surface area contributed by atoms with Gasteiger partial charge in [-0.25, -0.2) is 0 Å². The Balaban J connectivity index is 0.00000220. The van der Waals surface area contributed by atoms with E-state index < -0.39 is 5.54 Å². The number of nitrogens with zero attached hydrogens (tertiary/aromatic N) is 4. The molecule has 1 aliphatic rings. The molecule has 2 rings (SSSR count). The van der Waals surface area contributed by atoms with Crippen molar-refractivity contribution in [3.8, 4) is 0 Å². The molecule has 130 valence electrons. The third-order valence-corrected chi connectivity index (χ3v) is 4.06. The van der Waals surface area contributed by atoms with Crippen LogP contribution in [0.2, 0.25) is 0 Å². The number of hydrogen-bond donors (Lipinski definition) is 1. The molecule has 1 aliphatic heterocycles. The Morgan fingerprint density at radius 2 is 1.91 bits per heavy atom. The molecule has 0 aromatic carbocycles. The molecule has 2 N–H and O–H groups in total. The van der Waals surface area contributed by atoms with Gasteiger partial charge >= 0.3 is 0 Å². The van der Waals surface area contributed by atoms with Gasteiger partial charge in [0.1, 0.15) is 0 Å². The van der Waals surface area contributed by atoms with E-state index in [4.69, 9.17) is 10.3 Å². The first-order valence-corrected chi connectivity index (χ1v) is 7.44. The van der Waals surface area contributed by atoms with Gasteiger partial charge in [0.2, 0.25) is 5.89 Å². The fraction of sp³-hybridized carbons (Fsp3) is 0.857. The van der Waals surface area contributed by atoms with Crippen LogP contribution in [-0.4, -0.2) is 52.7 Å². The molecule has 0 bridgehead atoms. The SMILES string of the molecule is CCN1CCC(N(C)Cc2nc(C(C)(C)N)no2)CC1.Cl.Cl. The van der Waals surface area contributed by atoms with E-state index in [0.717, 1.165) is 6.54 Å². The molecule has 6 nitrogen and oxygen atoms in total. The van der Waals surface area contributed by atoms with Gasteiger partial charge in [0.15, 0.2) is 5.82 Å². The highest BCUT2D eigenvalue weighted by atomic mass is 35.5. The first-order valence-electron chi connectivity index (χ1n) is 7.44. The topological polar surface area (TPSA) is 71.4 Å². The molecule has 0 aliphatic carbocycles. The zero-order valence-corrected chi connectivity index (χ0v) is 15.5. The summed E-state index contributed by atoms with van der Waals surface area (Å²) in [5.41, 5.74) is 5.42. The van der Waals surface area contributed by atoms with Crippen LogP contribution in [0.25, 0.3) is 0 Å². The van der Waals surface area contributed by atoms with E-state index in [-0.39, 0.29) is 24.8 Å². The summed E-state index contributed by atoms with van der Waals surface area (Å²) in [5.74, 6) is 1.22. The van der Waals surface area contributed by atoms with Crippen molar-refractivity contribution in [3.63, 3.8) is 0 Å². The Bertz CT molecular complexity index is 427. The number of aromatic nitrogens is 2. The molecule has 1 aromatic rings. The lowest BCUT2D eigenvalue weighted by Gasteiger charge is -2.35. The summed E-state index contributed by atoms with van der Waals surface area (Å²) in [5, 5.41) is 3.96. The average molecular weight is 354 g/mol. The van der Waals surface area contributed by atoms with Gasteiger partial charge in [-0.2, -0.15) is 4.98 Å². The van der Waals surface area contributed by atoms with Gasteiger partial charge in [0.05, 0.1) is 12.1 Å². The first-order chi connectivity index (χ1) is 9.40. The minimum atomic E-state index is -0.549. The maximum atomic E-state index is 5.97. The standard InChI is InChI=1S/C14H27N5O.2ClH/c1-5-19-8-6-11(7-9-19)18(4)10-12-16-13(17-20-12)14(2,3)15;;/h11H,5-10,15H2,1-4H3;2*1H. The predicted molar refractivity (Wildman–Crippen MR) is 92.6 cm³/mol. The summed E-state index contributed by atoms with van der Waals surface area (Å²) in [4.78, 5) is 9.20. The molecule has 22 heavy (non-hydrogen) atoms. The molecular weight excluding hydrogens is 325 g/mol. The van der Waals surface area contributed by atoms with Crippen molar-refractivity contribution in [2.45, 2.75) is 51.7 Å². The van der Waals surface area contributed by atoms with Gasteiger partial charge in [-0.15, -0.1) is 24.8 Å². The number of piperidine rings is 1. The van der Waals surface area contributed by atoms with Crippen LogP contribution < -0.4 is 5.73 Å². The zero-order chi connectivity index (χ0) is 14.8. The van der Waals surface area contributed by atoms with Crippen LogP contribution in [0, 0.1) is 0 Å². The monoisotopic (exact) mass is 353 g/mol. The first kappa shape index (κ1) is 21.6. The number of likely N-dealkylation sites (tertiary alicyclic amines) is 1. The Hall–Kier alpha value is -0.400. The van der Waals surface area contributed by atoms with Crippen LogP contribution in [0.3, 0.4) is 0 Å². The Labute approximate surface area is 145 Å². The van der Waals surface area contributed by atoms with Crippen LogP contribution in [-0.2, 0) is 12.1 Å². The number of nitrogens with two attached hydrogens (primary N) is 1. The molecule has 8 heteroatoms. The molecule has 1 saturated heterocycles. The predicted octanol–water partition coefficient (Wildman–Crippen LogP) is 2.02. The molecule has 0 amide bonds. The summed E-state index contributed by atoms with van der Waals surface area (Å²) < 4.78 is 5.30. The van der Waals surface area contributed by atoms with Gasteiger partial charge in [0, 0.05) is 6.04 Å². The van der Waals surface area contributed by atoms with Crippen molar-refractivity contribution in [2.24, 2.45) is 5.73 Å². The highest BCUT2D eigenvalue weighted by Crippen LogP contribution is 2.18. The Morgan fingerprint density at radius 3 is 2.36 bits per heavy atom. The van der Waals surface area contributed by atoms with Crippen LogP contribution >= 0.6 is 24.8 Å². The average Bonchev–Trinajstić information content (AvgIpc) is 2.87. The summed E-state index contributed by atoms with van der Waals surface area (Å²) in [6.07, 6.45) is 2.40. The van der Waals surface area contributed by atoms with Gasteiger partial charge in [0.25, 0.3) is 0 Å². The minimum absolute atomic E-state index is 0. The smallest absolute Gasteiger partial charge is 0.240 e. The lowest BCUT2D eigenvalue weighted by atomic mass is 10.0. The maximum absolute atomic E-state index is 5.97.